The summed E-state index contributed by atoms with van der Waals surface area (Å²) in [7, 11) is -0.629. The van der Waals surface area contributed by atoms with Gasteiger partial charge in [0.15, 0.2) is 0 Å². The highest BCUT2D eigenvalue weighted by Crippen LogP contribution is 2.30. The second kappa shape index (κ2) is 16.2. The number of nitrogens with one attached hydrogen (secondary N) is 1. The smallest absolute Gasteiger partial charge is 0.243 e. The maximum absolute atomic E-state index is 13.9. The fourth-order valence-electron chi connectivity index (χ4n) is 4.70. The predicted octanol–water partition coefficient (Wildman–Crippen LogP) is 5.07. The first-order valence-electron chi connectivity index (χ1n) is 14.1. The van der Waals surface area contributed by atoms with E-state index in [9.17, 15) is 18.0 Å². The van der Waals surface area contributed by atoms with Crippen molar-refractivity contribution in [3.63, 3.8) is 0 Å². The maximum Gasteiger partial charge on any atom is 0.243 e. The molecule has 9 nitrogen and oxygen atoms in total. The summed E-state index contributed by atoms with van der Waals surface area (Å²) >= 11 is 6.26. The van der Waals surface area contributed by atoms with Gasteiger partial charge in [-0.1, -0.05) is 61.0 Å². The summed E-state index contributed by atoms with van der Waals surface area (Å²) in [6, 6.07) is 20.9. The number of anilines is 1. The van der Waals surface area contributed by atoms with E-state index in [4.69, 9.17) is 21.1 Å². The van der Waals surface area contributed by atoms with Crippen LogP contribution in [0.25, 0.3) is 0 Å². The van der Waals surface area contributed by atoms with Crippen LogP contribution in [0, 0.1) is 0 Å². The van der Waals surface area contributed by atoms with Crippen molar-refractivity contribution < 1.29 is 27.5 Å². The van der Waals surface area contributed by atoms with Crippen LogP contribution < -0.4 is 19.1 Å². The third kappa shape index (κ3) is 9.90. The predicted molar refractivity (Wildman–Crippen MR) is 170 cm³/mol. The molecule has 0 unspecified atom stereocenters. The van der Waals surface area contributed by atoms with Gasteiger partial charge in [-0.25, -0.2) is 8.42 Å². The van der Waals surface area contributed by atoms with Gasteiger partial charge in [0.05, 0.1) is 31.2 Å². The molecule has 0 aliphatic rings. The zero-order valence-electron chi connectivity index (χ0n) is 25.1. The summed E-state index contributed by atoms with van der Waals surface area (Å²) in [5.41, 5.74) is 2.09. The average molecular weight is 630 g/mol. The summed E-state index contributed by atoms with van der Waals surface area (Å²) in [4.78, 5) is 29.0. The molecular weight excluding hydrogens is 590 g/mol. The Morgan fingerprint density at radius 1 is 0.953 bits per heavy atom. The molecule has 0 fully saturated rings. The Kier molecular flexibility index (Phi) is 12.7. The van der Waals surface area contributed by atoms with Gasteiger partial charge < -0.3 is 19.7 Å². The molecule has 43 heavy (non-hydrogen) atoms. The van der Waals surface area contributed by atoms with Crippen LogP contribution in [0.2, 0.25) is 5.02 Å². The normalized spacial score (nSPS) is 11.8. The van der Waals surface area contributed by atoms with Crippen molar-refractivity contribution in [3.05, 3.63) is 88.9 Å². The molecule has 0 aliphatic carbocycles. The number of sulfonamides is 1. The molecule has 3 aromatic carbocycles. The number of benzene rings is 3. The van der Waals surface area contributed by atoms with Crippen molar-refractivity contribution in [2.75, 3.05) is 37.9 Å². The second-order valence-corrected chi connectivity index (χ2v) is 12.4. The molecule has 0 spiro atoms. The summed E-state index contributed by atoms with van der Waals surface area (Å²) in [6.45, 7) is 2.68. The molecule has 0 radical (unpaired) electrons. The minimum Gasteiger partial charge on any atom is -0.497 e. The highest BCUT2D eigenvalue weighted by Gasteiger charge is 2.30. The lowest BCUT2D eigenvalue weighted by molar-refractivity contribution is -0.141. The Bertz CT molecular complexity index is 1470. The molecule has 1 N–H and O–H groups in total. The molecule has 0 heterocycles. The minimum atomic E-state index is -3.68. The van der Waals surface area contributed by atoms with Gasteiger partial charge in [-0.15, -0.1) is 0 Å². The maximum atomic E-state index is 13.9. The van der Waals surface area contributed by atoms with E-state index in [-0.39, 0.29) is 42.8 Å². The number of carbonyl (C=O) groups is 2. The fraction of sp³-hybridized carbons (Fsp3) is 0.375. The topological polar surface area (TPSA) is 105 Å². The van der Waals surface area contributed by atoms with Crippen LogP contribution in [0.3, 0.4) is 0 Å². The van der Waals surface area contributed by atoms with Gasteiger partial charge in [0.1, 0.15) is 17.5 Å². The average Bonchev–Trinajstić information content (AvgIpc) is 2.99. The Hall–Kier alpha value is -3.76. The molecule has 3 rings (SSSR count). The second-order valence-electron chi connectivity index (χ2n) is 10.1. The Balaban J connectivity index is 1.89. The monoisotopic (exact) mass is 629 g/mol. The first-order valence-corrected chi connectivity index (χ1v) is 16.3. The van der Waals surface area contributed by atoms with Gasteiger partial charge in [0, 0.05) is 32.5 Å². The lowest BCUT2D eigenvalue weighted by Crippen LogP contribution is -2.50. The zero-order valence-corrected chi connectivity index (χ0v) is 26.7. The molecule has 0 bridgehead atoms. The van der Waals surface area contributed by atoms with E-state index in [1.807, 2.05) is 61.5 Å². The van der Waals surface area contributed by atoms with E-state index >= 15 is 0 Å². The van der Waals surface area contributed by atoms with Crippen molar-refractivity contribution in [2.45, 2.75) is 45.2 Å². The number of nitrogens with zero attached hydrogens (tertiary/aromatic N) is 2. The summed E-state index contributed by atoms with van der Waals surface area (Å²) in [6.07, 6.45) is 2.43. The zero-order chi connectivity index (χ0) is 31.4. The molecule has 0 saturated carbocycles. The molecule has 0 saturated heterocycles. The third-order valence-corrected chi connectivity index (χ3v) is 8.37. The van der Waals surface area contributed by atoms with E-state index < -0.39 is 16.1 Å². The van der Waals surface area contributed by atoms with Crippen molar-refractivity contribution in [3.8, 4) is 11.5 Å². The molecule has 11 heteroatoms. The standard InChI is InChI=1S/C32H40ClN3O6S/c1-5-18-34-32(38)29(21-24-11-7-6-8-12-24)35(23-25-13-9-14-27(20-25)41-2)31(37)15-10-19-36(43(4,39)40)26-16-17-30(42-3)28(33)22-26/h6-9,11-14,16-17,20,22,29H,5,10,15,18-19,21,23H2,1-4H3,(H,34,38)/t29-/m1/s1. The number of rotatable bonds is 16. The molecule has 1 atom stereocenters. The highest BCUT2D eigenvalue weighted by atomic mass is 35.5. The summed E-state index contributed by atoms with van der Waals surface area (Å²) < 4.78 is 37.2. The van der Waals surface area contributed by atoms with E-state index in [2.05, 4.69) is 5.32 Å². The van der Waals surface area contributed by atoms with Crippen LogP contribution in [-0.4, -0.2) is 64.7 Å². The van der Waals surface area contributed by atoms with Crippen LogP contribution in [0.1, 0.15) is 37.3 Å². The number of carbonyl (C=O) groups excluding carboxylic acids is 2. The van der Waals surface area contributed by atoms with Gasteiger partial charge in [0.2, 0.25) is 21.8 Å². The lowest BCUT2D eigenvalue weighted by Gasteiger charge is -2.32. The largest absolute Gasteiger partial charge is 0.497 e. The molecular formula is C32H40ClN3O6S. The first kappa shape index (κ1) is 33.7. The fourth-order valence-corrected chi connectivity index (χ4v) is 5.91. The SMILES string of the molecule is CCCNC(=O)[C@@H](Cc1ccccc1)N(Cc1cccc(OC)c1)C(=O)CCCN(c1ccc(OC)c(Cl)c1)S(C)(=O)=O. The quantitative estimate of drug-likeness (QED) is 0.237. The van der Waals surface area contributed by atoms with Crippen LogP contribution in [0.15, 0.2) is 72.8 Å². The van der Waals surface area contributed by atoms with Gasteiger partial charge in [-0.05, 0) is 54.3 Å². The molecule has 3 aromatic rings. The summed E-state index contributed by atoms with van der Waals surface area (Å²) in [5, 5.41) is 3.23. The van der Waals surface area contributed by atoms with Gasteiger partial charge in [0.25, 0.3) is 0 Å². The van der Waals surface area contributed by atoms with Gasteiger partial charge >= 0.3 is 0 Å². The highest BCUT2D eigenvalue weighted by molar-refractivity contribution is 7.92. The Morgan fingerprint density at radius 3 is 2.30 bits per heavy atom. The van der Waals surface area contributed by atoms with Crippen molar-refractivity contribution >= 4 is 39.1 Å². The van der Waals surface area contributed by atoms with Crippen LogP contribution in [-0.2, 0) is 32.6 Å². The van der Waals surface area contributed by atoms with Crippen LogP contribution in [0.4, 0.5) is 5.69 Å². The Labute approximate surface area is 259 Å². The third-order valence-electron chi connectivity index (χ3n) is 6.88. The van der Waals surface area contributed by atoms with Crippen molar-refractivity contribution in [1.29, 1.82) is 0 Å². The molecule has 0 aliphatic heterocycles. The Morgan fingerprint density at radius 2 is 1.67 bits per heavy atom. The first-order chi connectivity index (χ1) is 20.6. The minimum absolute atomic E-state index is 0.0201. The lowest BCUT2D eigenvalue weighted by atomic mass is 10.0. The van der Waals surface area contributed by atoms with Crippen LogP contribution >= 0.6 is 11.6 Å². The van der Waals surface area contributed by atoms with E-state index in [1.54, 1.807) is 24.1 Å². The molecule has 0 aromatic heterocycles. The van der Waals surface area contributed by atoms with E-state index in [1.165, 1.54) is 17.5 Å². The van der Waals surface area contributed by atoms with Crippen LogP contribution in [0.5, 0.6) is 11.5 Å². The summed E-state index contributed by atoms with van der Waals surface area (Å²) in [5.74, 6) is 0.555. The van der Waals surface area contributed by atoms with Crippen molar-refractivity contribution in [2.24, 2.45) is 0 Å². The molecule has 2 amide bonds. The van der Waals surface area contributed by atoms with E-state index in [0.29, 0.717) is 30.2 Å². The number of hydrogen-bond acceptors (Lipinski definition) is 6. The van der Waals surface area contributed by atoms with E-state index in [0.717, 1.165) is 23.8 Å². The van der Waals surface area contributed by atoms with Crippen molar-refractivity contribution in [1.82, 2.24) is 10.2 Å². The number of halogens is 1. The van der Waals surface area contributed by atoms with Gasteiger partial charge in [-0.2, -0.15) is 0 Å². The number of amides is 2. The number of hydrogen-bond donors (Lipinski definition) is 1. The number of ether oxygens (including phenoxy) is 2. The molecule has 232 valence electrons. The van der Waals surface area contributed by atoms with Gasteiger partial charge in [-0.3, -0.25) is 13.9 Å². The number of methoxy groups -OCH3 is 2.